The largest absolute Gasteiger partial charge is 0.350 e. The van der Waals surface area contributed by atoms with Crippen LogP contribution in [0.25, 0.3) is 0 Å². The Labute approximate surface area is 177 Å². The molecule has 0 spiro atoms. The molecule has 1 unspecified atom stereocenters. The van der Waals surface area contributed by atoms with Crippen LogP contribution in [-0.4, -0.2) is 38.8 Å². The summed E-state index contributed by atoms with van der Waals surface area (Å²) in [6, 6.07) is 10.0. The highest BCUT2D eigenvalue weighted by Crippen LogP contribution is 2.29. The summed E-state index contributed by atoms with van der Waals surface area (Å²) < 4.78 is 0. The van der Waals surface area contributed by atoms with Crippen LogP contribution in [0.4, 0.5) is 5.13 Å². The number of aryl methyl sites for hydroxylation is 1. The standard InChI is InChI=1S/C21H22N6O2S/c28-19-10-14(20(29)22-11-17-15-7-4-8-16(15)23-24-17)12-27(19)21-26-25-18(30-21)9-13-5-2-1-3-6-13/h1-3,5-6,14H,4,7-12H2,(H,22,29)(H,23,24). The Kier molecular flexibility index (Phi) is 5.04. The quantitative estimate of drug-likeness (QED) is 0.632. The molecule has 2 aromatic heterocycles. The van der Waals surface area contributed by atoms with E-state index in [9.17, 15) is 9.59 Å². The smallest absolute Gasteiger partial charge is 0.229 e. The molecule has 1 atom stereocenters. The van der Waals surface area contributed by atoms with Crippen LogP contribution in [0.5, 0.6) is 0 Å². The number of hydrogen-bond donors (Lipinski definition) is 2. The molecule has 154 valence electrons. The summed E-state index contributed by atoms with van der Waals surface area (Å²) in [4.78, 5) is 26.7. The fourth-order valence-corrected chi connectivity index (χ4v) is 5.01. The normalized spacial score (nSPS) is 18.1. The van der Waals surface area contributed by atoms with Gasteiger partial charge in [-0.15, -0.1) is 10.2 Å². The minimum Gasteiger partial charge on any atom is -0.350 e. The Hall–Kier alpha value is -3.07. The molecule has 8 nitrogen and oxygen atoms in total. The van der Waals surface area contributed by atoms with Crippen LogP contribution in [0.3, 0.4) is 0 Å². The highest BCUT2D eigenvalue weighted by atomic mass is 32.1. The number of hydrogen-bond acceptors (Lipinski definition) is 6. The van der Waals surface area contributed by atoms with E-state index in [4.69, 9.17) is 0 Å². The van der Waals surface area contributed by atoms with Crippen molar-refractivity contribution in [3.05, 3.63) is 57.9 Å². The van der Waals surface area contributed by atoms with Gasteiger partial charge < -0.3 is 5.32 Å². The first kappa shape index (κ1) is 18.9. The Bertz CT molecular complexity index is 1080. The average Bonchev–Trinajstić information content (AvgIpc) is 3.52. The van der Waals surface area contributed by atoms with Gasteiger partial charge in [-0.2, -0.15) is 5.10 Å². The number of aromatic amines is 1. The van der Waals surface area contributed by atoms with Crippen LogP contribution in [-0.2, 0) is 35.4 Å². The first-order valence-corrected chi connectivity index (χ1v) is 11.0. The molecular formula is C21H22N6O2S. The van der Waals surface area contributed by atoms with Crippen LogP contribution in [0.15, 0.2) is 30.3 Å². The highest BCUT2D eigenvalue weighted by molar-refractivity contribution is 7.15. The lowest BCUT2D eigenvalue weighted by Gasteiger charge is -2.12. The number of benzene rings is 1. The Balaban J connectivity index is 1.19. The zero-order valence-corrected chi connectivity index (χ0v) is 17.2. The molecule has 2 amide bonds. The molecule has 1 aromatic carbocycles. The van der Waals surface area contributed by atoms with Gasteiger partial charge in [0.05, 0.1) is 18.2 Å². The number of anilines is 1. The Morgan fingerprint density at radius 1 is 1.23 bits per heavy atom. The Morgan fingerprint density at radius 2 is 2.10 bits per heavy atom. The second kappa shape index (κ2) is 7.98. The first-order chi connectivity index (χ1) is 14.7. The van der Waals surface area contributed by atoms with Crippen molar-refractivity contribution in [1.82, 2.24) is 25.7 Å². The van der Waals surface area contributed by atoms with Crippen molar-refractivity contribution < 1.29 is 9.59 Å². The SMILES string of the molecule is O=C(NCc1n[nH]c2c1CCC2)C1CC(=O)N(c2nnc(Cc3ccccc3)s2)C1. The molecule has 5 rings (SSSR count). The minimum absolute atomic E-state index is 0.0850. The van der Waals surface area contributed by atoms with Gasteiger partial charge in [-0.3, -0.25) is 19.6 Å². The molecular weight excluding hydrogens is 400 g/mol. The van der Waals surface area contributed by atoms with Gasteiger partial charge in [0.1, 0.15) is 5.01 Å². The number of H-pyrrole nitrogens is 1. The average molecular weight is 423 g/mol. The Morgan fingerprint density at radius 3 is 2.97 bits per heavy atom. The van der Waals surface area contributed by atoms with Crippen LogP contribution >= 0.6 is 11.3 Å². The van der Waals surface area contributed by atoms with E-state index in [1.807, 2.05) is 30.3 Å². The third-order valence-electron chi connectivity index (χ3n) is 5.70. The lowest BCUT2D eigenvalue weighted by Crippen LogP contribution is -2.32. The lowest BCUT2D eigenvalue weighted by molar-refractivity contribution is -0.126. The number of carbonyl (C=O) groups is 2. The number of nitrogens with zero attached hydrogens (tertiary/aromatic N) is 4. The highest BCUT2D eigenvalue weighted by Gasteiger charge is 2.37. The van der Waals surface area contributed by atoms with Crippen molar-refractivity contribution in [2.45, 2.75) is 38.6 Å². The van der Waals surface area contributed by atoms with Crippen molar-refractivity contribution in [2.75, 3.05) is 11.4 Å². The van der Waals surface area contributed by atoms with E-state index in [1.165, 1.54) is 22.6 Å². The summed E-state index contributed by atoms with van der Waals surface area (Å²) in [5.41, 5.74) is 4.48. The van der Waals surface area contributed by atoms with E-state index in [2.05, 4.69) is 25.7 Å². The number of amides is 2. The number of nitrogens with one attached hydrogen (secondary N) is 2. The van der Waals surface area contributed by atoms with Crippen molar-refractivity contribution in [2.24, 2.45) is 5.92 Å². The van der Waals surface area contributed by atoms with Gasteiger partial charge in [-0.1, -0.05) is 41.7 Å². The lowest BCUT2D eigenvalue weighted by atomic mass is 10.1. The number of rotatable bonds is 6. The third kappa shape index (κ3) is 3.72. The summed E-state index contributed by atoms with van der Waals surface area (Å²) in [5, 5.41) is 20.2. The molecule has 1 fully saturated rings. The summed E-state index contributed by atoms with van der Waals surface area (Å²) in [7, 11) is 0. The summed E-state index contributed by atoms with van der Waals surface area (Å²) in [5.74, 6) is -0.584. The molecule has 1 aliphatic carbocycles. The molecule has 0 saturated carbocycles. The van der Waals surface area contributed by atoms with Gasteiger partial charge in [0.2, 0.25) is 16.9 Å². The van der Waals surface area contributed by atoms with Gasteiger partial charge in [-0.05, 0) is 30.4 Å². The van der Waals surface area contributed by atoms with Gasteiger partial charge in [0.25, 0.3) is 0 Å². The van der Waals surface area contributed by atoms with Crippen molar-refractivity contribution >= 4 is 28.3 Å². The first-order valence-electron chi connectivity index (χ1n) is 10.2. The van der Waals surface area contributed by atoms with Gasteiger partial charge in [-0.25, -0.2) is 0 Å². The summed E-state index contributed by atoms with van der Waals surface area (Å²) in [6.45, 7) is 0.735. The molecule has 1 aliphatic heterocycles. The predicted octanol–water partition coefficient (Wildman–Crippen LogP) is 2.01. The second-order valence-corrected chi connectivity index (χ2v) is 8.79. The van der Waals surface area contributed by atoms with Crippen molar-refractivity contribution in [1.29, 1.82) is 0 Å². The maximum Gasteiger partial charge on any atom is 0.229 e. The number of aromatic nitrogens is 4. The van der Waals surface area contributed by atoms with Gasteiger partial charge in [0, 0.05) is 25.1 Å². The van der Waals surface area contributed by atoms with Crippen LogP contribution in [0.2, 0.25) is 0 Å². The minimum atomic E-state index is -0.383. The molecule has 2 aliphatic rings. The zero-order valence-electron chi connectivity index (χ0n) is 16.4. The molecule has 9 heteroatoms. The van der Waals surface area contributed by atoms with Gasteiger partial charge in [0.15, 0.2) is 0 Å². The van der Waals surface area contributed by atoms with Crippen LogP contribution in [0.1, 0.15) is 40.4 Å². The van der Waals surface area contributed by atoms with Crippen LogP contribution in [0, 0.1) is 5.92 Å². The third-order valence-corrected chi connectivity index (χ3v) is 6.65. The van der Waals surface area contributed by atoms with E-state index in [0.717, 1.165) is 35.5 Å². The predicted molar refractivity (Wildman–Crippen MR) is 112 cm³/mol. The maximum absolute atomic E-state index is 12.6. The van der Waals surface area contributed by atoms with E-state index >= 15 is 0 Å². The molecule has 3 heterocycles. The van der Waals surface area contributed by atoms with Crippen molar-refractivity contribution in [3.63, 3.8) is 0 Å². The second-order valence-electron chi connectivity index (χ2n) is 7.74. The topological polar surface area (TPSA) is 104 Å². The zero-order chi connectivity index (χ0) is 20.5. The number of fused-ring (bicyclic) bond motifs is 1. The van der Waals surface area contributed by atoms with E-state index in [1.54, 1.807) is 4.90 Å². The summed E-state index contributed by atoms with van der Waals surface area (Å²) >= 11 is 1.40. The molecule has 1 saturated heterocycles. The van der Waals surface area contributed by atoms with E-state index in [0.29, 0.717) is 24.6 Å². The van der Waals surface area contributed by atoms with Gasteiger partial charge >= 0.3 is 0 Å². The molecule has 0 bridgehead atoms. The maximum atomic E-state index is 12.6. The fraction of sp³-hybridized carbons (Fsp3) is 0.381. The van der Waals surface area contributed by atoms with Crippen LogP contribution < -0.4 is 10.2 Å². The summed E-state index contributed by atoms with van der Waals surface area (Å²) in [6.07, 6.45) is 4.03. The van der Waals surface area contributed by atoms with E-state index < -0.39 is 0 Å². The molecule has 3 aromatic rings. The monoisotopic (exact) mass is 422 g/mol. The number of carbonyl (C=O) groups excluding carboxylic acids is 2. The molecule has 30 heavy (non-hydrogen) atoms. The fourth-order valence-electron chi connectivity index (χ4n) is 4.11. The molecule has 0 radical (unpaired) electrons. The molecule has 2 N–H and O–H groups in total. The van der Waals surface area contributed by atoms with Crippen molar-refractivity contribution in [3.8, 4) is 0 Å². The van der Waals surface area contributed by atoms with E-state index in [-0.39, 0.29) is 24.2 Å².